The molecule has 0 spiro atoms. The maximum Gasteiger partial charge on any atom is 0.115 e. The number of rotatable bonds is 3. The Morgan fingerprint density at radius 3 is 2.50 bits per heavy atom. The van der Waals surface area contributed by atoms with Gasteiger partial charge >= 0.3 is 0 Å². The summed E-state index contributed by atoms with van der Waals surface area (Å²) < 4.78 is 24.4. The Bertz CT molecular complexity index is 279. The van der Waals surface area contributed by atoms with E-state index in [1.807, 2.05) is 0 Å². The Hall–Kier alpha value is -1.18. The molecule has 0 aliphatic carbocycles. The summed E-state index contributed by atoms with van der Waals surface area (Å²) in [5.41, 5.74) is 1.79. The quantitative estimate of drug-likeness (QED) is 0.649. The second-order valence-electron chi connectivity index (χ2n) is 2.50. The predicted octanol–water partition coefficient (Wildman–Crippen LogP) is 3.27. The molecular formula is C10H10F2. The van der Waals surface area contributed by atoms with Gasteiger partial charge in [0.15, 0.2) is 0 Å². The molecule has 0 amide bonds. The molecule has 0 heterocycles. The SMILES string of the molecule is C=Cc1cc(CF)ccc1CF. The number of halogens is 2. The topological polar surface area (TPSA) is 0 Å². The van der Waals surface area contributed by atoms with Crippen LogP contribution >= 0.6 is 0 Å². The molecule has 0 saturated heterocycles. The Kier molecular flexibility index (Phi) is 2.97. The minimum absolute atomic E-state index is 0.520. The molecule has 0 bridgehead atoms. The van der Waals surface area contributed by atoms with Gasteiger partial charge < -0.3 is 0 Å². The first-order chi connectivity index (χ1) is 5.81. The van der Waals surface area contributed by atoms with Gasteiger partial charge in [0, 0.05) is 0 Å². The number of hydrogen-bond donors (Lipinski definition) is 0. The highest BCUT2D eigenvalue weighted by Gasteiger charge is 1.99. The fourth-order valence-electron chi connectivity index (χ4n) is 1.04. The van der Waals surface area contributed by atoms with E-state index in [4.69, 9.17) is 0 Å². The zero-order chi connectivity index (χ0) is 8.97. The average molecular weight is 168 g/mol. The molecule has 12 heavy (non-hydrogen) atoms. The number of benzene rings is 1. The standard InChI is InChI=1S/C10H10F2/c1-2-9-5-8(6-11)3-4-10(9)7-12/h2-5H,1,6-7H2. The minimum Gasteiger partial charge on any atom is -0.246 e. The van der Waals surface area contributed by atoms with Crippen molar-refractivity contribution in [2.24, 2.45) is 0 Å². The van der Waals surface area contributed by atoms with Gasteiger partial charge in [-0.1, -0.05) is 24.8 Å². The maximum atomic E-state index is 12.3. The lowest BCUT2D eigenvalue weighted by Crippen LogP contribution is -1.87. The Morgan fingerprint density at radius 2 is 2.00 bits per heavy atom. The van der Waals surface area contributed by atoms with Crippen LogP contribution in [0.5, 0.6) is 0 Å². The zero-order valence-electron chi connectivity index (χ0n) is 6.69. The lowest BCUT2D eigenvalue weighted by Gasteiger charge is -2.02. The van der Waals surface area contributed by atoms with Crippen LogP contribution in [0, 0.1) is 0 Å². The third-order valence-corrected chi connectivity index (χ3v) is 1.73. The van der Waals surface area contributed by atoms with Crippen molar-refractivity contribution in [3.05, 3.63) is 41.5 Å². The lowest BCUT2D eigenvalue weighted by atomic mass is 10.1. The van der Waals surface area contributed by atoms with Crippen LogP contribution in [0.3, 0.4) is 0 Å². The molecular weight excluding hydrogens is 158 g/mol. The van der Waals surface area contributed by atoms with Gasteiger partial charge in [-0.3, -0.25) is 0 Å². The van der Waals surface area contributed by atoms with Gasteiger partial charge in [-0.05, 0) is 22.8 Å². The summed E-state index contributed by atoms with van der Waals surface area (Å²) in [5.74, 6) is 0. The molecule has 1 aromatic carbocycles. The first-order valence-corrected chi connectivity index (χ1v) is 3.68. The molecule has 0 aromatic heterocycles. The van der Waals surface area contributed by atoms with Gasteiger partial charge in [-0.25, -0.2) is 8.78 Å². The van der Waals surface area contributed by atoms with E-state index < -0.39 is 13.3 Å². The number of hydrogen-bond acceptors (Lipinski definition) is 0. The normalized spacial score (nSPS) is 9.83. The van der Waals surface area contributed by atoms with E-state index in [-0.39, 0.29) is 0 Å². The molecule has 64 valence electrons. The summed E-state index contributed by atoms with van der Waals surface area (Å²) in [6, 6.07) is 4.79. The molecule has 0 nitrogen and oxygen atoms in total. The molecule has 0 atom stereocenters. The largest absolute Gasteiger partial charge is 0.246 e. The second-order valence-corrected chi connectivity index (χ2v) is 2.50. The Labute approximate surface area is 70.5 Å². The van der Waals surface area contributed by atoms with Crippen LogP contribution in [-0.2, 0) is 13.3 Å². The van der Waals surface area contributed by atoms with E-state index in [0.29, 0.717) is 16.7 Å². The molecule has 0 aliphatic rings. The zero-order valence-corrected chi connectivity index (χ0v) is 6.69. The van der Waals surface area contributed by atoms with Crippen molar-refractivity contribution in [2.45, 2.75) is 13.3 Å². The Morgan fingerprint density at radius 1 is 1.25 bits per heavy atom. The smallest absolute Gasteiger partial charge is 0.115 e. The summed E-state index contributed by atoms with van der Waals surface area (Å²) in [4.78, 5) is 0. The summed E-state index contributed by atoms with van der Waals surface area (Å²) >= 11 is 0. The first kappa shape index (κ1) is 8.91. The van der Waals surface area contributed by atoms with Crippen LogP contribution < -0.4 is 0 Å². The molecule has 0 unspecified atom stereocenters. The fraction of sp³-hybridized carbons (Fsp3) is 0.200. The minimum atomic E-state index is -0.534. The lowest BCUT2D eigenvalue weighted by molar-refractivity contribution is 0.478. The van der Waals surface area contributed by atoms with E-state index in [1.165, 1.54) is 6.08 Å². The van der Waals surface area contributed by atoms with E-state index >= 15 is 0 Å². The van der Waals surface area contributed by atoms with Crippen molar-refractivity contribution in [2.75, 3.05) is 0 Å². The van der Waals surface area contributed by atoms with Crippen LogP contribution in [0.25, 0.3) is 6.08 Å². The molecule has 0 fully saturated rings. The fourth-order valence-corrected chi connectivity index (χ4v) is 1.04. The summed E-state index contributed by atoms with van der Waals surface area (Å²) in [6.45, 7) is 2.47. The second kappa shape index (κ2) is 4.00. The Balaban J connectivity index is 3.10. The average Bonchev–Trinajstić information content (AvgIpc) is 2.16. The van der Waals surface area contributed by atoms with Gasteiger partial charge in [0.1, 0.15) is 13.3 Å². The molecule has 0 N–H and O–H groups in total. The van der Waals surface area contributed by atoms with Crippen molar-refractivity contribution >= 4 is 6.08 Å². The van der Waals surface area contributed by atoms with E-state index in [9.17, 15) is 8.78 Å². The van der Waals surface area contributed by atoms with Crippen molar-refractivity contribution < 1.29 is 8.78 Å². The number of alkyl halides is 2. The van der Waals surface area contributed by atoms with E-state index in [1.54, 1.807) is 18.2 Å². The van der Waals surface area contributed by atoms with Crippen LogP contribution in [0.15, 0.2) is 24.8 Å². The van der Waals surface area contributed by atoms with Gasteiger partial charge in [0.2, 0.25) is 0 Å². The molecule has 0 aliphatic heterocycles. The highest BCUT2D eigenvalue weighted by molar-refractivity contribution is 5.53. The molecule has 1 rings (SSSR count). The summed E-state index contributed by atoms with van der Waals surface area (Å²) in [5, 5.41) is 0. The van der Waals surface area contributed by atoms with Gasteiger partial charge in [-0.2, -0.15) is 0 Å². The van der Waals surface area contributed by atoms with Crippen molar-refractivity contribution in [1.82, 2.24) is 0 Å². The first-order valence-electron chi connectivity index (χ1n) is 3.68. The molecule has 2 heteroatoms. The maximum absolute atomic E-state index is 12.3. The van der Waals surface area contributed by atoms with Gasteiger partial charge in [0.05, 0.1) is 0 Å². The monoisotopic (exact) mass is 168 g/mol. The summed E-state index contributed by atoms with van der Waals surface area (Å²) in [6.07, 6.45) is 1.54. The summed E-state index contributed by atoms with van der Waals surface area (Å²) in [7, 11) is 0. The van der Waals surface area contributed by atoms with Gasteiger partial charge in [0.25, 0.3) is 0 Å². The van der Waals surface area contributed by atoms with Crippen molar-refractivity contribution in [1.29, 1.82) is 0 Å². The highest BCUT2D eigenvalue weighted by atomic mass is 19.1. The van der Waals surface area contributed by atoms with E-state index in [2.05, 4.69) is 6.58 Å². The van der Waals surface area contributed by atoms with Crippen molar-refractivity contribution in [3.63, 3.8) is 0 Å². The van der Waals surface area contributed by atoms with Crippen LogP contribution in [0.2, 0.25) is 0 Å². The molecule has 0 saturated carbocycles. The highest BCUT2D eigenvalue weighted by Crippen LogP contribution is 2.15. The van der Waals surface area contributed by atoms with Crippen LogP contribution in [0.1, 0.15) is 16.7 Å². The van der Waals surface area contributed by atoms with Crippen LogP contribution in [0.4, 0.5) is 8.78 Å². The predicted molar refractivity (Wildman–Crippen MR) is 46.2 cm³/mol. The van der Waals surface area contributed by atoms with E-state index in [0.717, 1.165) is 0 Å². The molecule has 1 aromatic rings. The van der Waals surface area contributed by atoms with Crippen molar-refractivity contribution in [3.8, 4) is 0 Å². The third-order valence-electron chi connectivity index (χ3n) is 1.73. The van der Waals surface area contributed by atoms with Crippen LogP contribution in [-0.4, -0.2) is 0 Å². The van der Waals surface area contributed by atoms with Gasteiger partial charge in [-0.15, -0.1) is 0 Å². The molecule has 0 radical (unpaired) electrons. The third kappa shape index (κ3) is 1.70.